The zero-order valence-electron chi connectivity index (χ0n) is 13.1. The normalized spacial score (nSPS) is 10.2. The molecule has 0 saturated carbocycles. The van der Waals surface area contributed by atoms with Crippen molar-refractivity contribution in [3.05, 3.63) is 53.6 Å². The summed E-state index contributed by atoms with van der Waals surface area (Å²) in [6.07, 6.45) is 0. The van der Waals surface area contributed by atoms with Crippen molar-refractivity contribution in [3.63, 3.8) is 0 Å². The quantitative estimate of drug-likeness (QED) is 0.747. The summed E-state index contributed by atoms with van der Waals surface area (Å²) in [5.41, 5.74) is 4.87. The average Bonchev–Trinajstić information content (AvgIpc) is 2.46. The van der Waals surface area contributed by atoms with Crippen LogP contribution in [-0.2, 0) is 0 Å². The second kappa shape index (κ2) is 7.58. The summed E-state index contributed by atoms with van der Waals surface area (Å²) in [6.45, 7) is 8.68. The lowest BCUT2D eigenvalue weighted by molar-refractivity contribution is 0.340. The van der Waals surface area contributed by atoms with Gasteiger partial charge in [-0.2, -0.15) is 0 Å². The van der Waals surface area contributed by atoms with Gasteiger partial charge in [-0.25, -0.2) is 0 Å². The molecular formula is C18H24N2O. The number of nitrogens with one attached hydrogen (secondary N) is 2. The van der Waals surface area contributed by atoms with Crippen LogP contribution in [0.5, 0.6) is 5.75 Å². The SMILES string of the molecule is CCOc1cccc(NCCNc2ccc(C)cc2C)c1. The van der Waals surface area contributed by atoms with Crippen molar-refractivity contribution in [3.8, 4) is 5.75 Å². The topological polar surface area (TPSA) is 33.3 Å². The maximum atomic E-state index is 5.49. The first-order valence-electron chi connectivity index (χ1n) is 7.47. The van der Waals surface area contributed by atoms with Gasteiger partial charge in [-0.3, -0.25) is 0 Å². The number of rotatable bonds is 7. The summed E-state index contributed by atoms with van der Waals surface area (Å²) in [6, 6.07) is 14.5. The molecule has 0 amide bonds. The van der Waals surface area contributed by atoms with Gasteiger partial charge in [0.05, 0.1) is 6.61 Å². The van der Waals surface area contributed by atoms with E-state index in [-0.39, 0.29) is 0 Å². The van der Waals surface area contributed by atoms with Crippen molar-refractivity contribution in [2.45, 2.75) is 20.8 Å². The Kier molecular flexibility index (Phi) is 5.50. The highest BCUT2D eigenvalue weighted by molar-refractivity contribution is 5.52. The summed E-state index contributed by atoms with van der Waals surface area (Å²) >= 11 is 0. The highest BCUT2D eigenvalue weighted by Gasteiger charge is 1.98. The van der Waals surface area contributed by atoms with Gasteiger partial charge in [0.15, 0.2) is 0 Å². The van der Waals surface area contributed by atoms with Gasteiger partial charge in [0.2, 0.25) is 0 Å². The number of benzene rings is 2. The smallest absolute Gasteiger partial charge is 0.121 e. The lowest BCUT2D eigenvalue weighted by atomic mass is 10.1. The van der Waals surface area contributed by atoms with Crippen LogP contribution in [-0.4, -0.2) is 19.7 Å². The first-order chi connectivity index (χ1) is 10.2. The molecule has 2 N–H and O–H groups in total. The van der Waals surface area contributed by atoms with E-state index in [1.54, 1.807) is 0 Å². The molecule has 0 radical (unpaired) electrons. The van der Waals surface area contributed by atoms with Crippen LogP contribution in [0.1, 0.15) is 18.1 Å². The number of ether oxygens (including phenoxy) is 1. The molecule has 0 saturated heterocycles. The van der Waals surface area contributed by atoms with E-state index in [0.717, 1.165) is 24.5 Å². The van der Waals surface area contributed by atoms with E-state index in [1.165, 1.54) is 16.8 Å². The lowest BCUT2D eigenvalue weighted by Crippen LogP contribution is -2.14. The molecule has 0 unspecified atom stereocenters. The minimum absolute atomic E-state index is 0.692. The number of hydrogen-bond donors (Lipinski definition) is 2. The maximum Gasteiger partial charge on any atom is 0.121 e. The predicted octanol–water partition coefficient (Wildman–Crippen LogP) is 4.23. The molecule has 0 aliphatic rings. The van der Waals surface area contributed by atoms with Crippen LogP contribution in [0.2, 0.25) is 0 Å². The van der Waals surface area contributed by atoms with Crippen LogP contribution in [0.15, 0.2) is 42.5 Å². The highest BCUT2D eigenvalue weighted by Crippen LogP contribution is 2.17. The molecule has 2 aromatic rings. The zero-order valence-corrected chi connectivity index (χ0v) is 13.1. The molecular weight excluding hydrogens is 260 g/mol. The first-order valence-corrected chi connectivity index (χ1v) is 7.47. The van der Waals surface area contributed by atoms with Gasteiger partial charge in [-0.1, -0.05) is 23.8 Å². The fraction of sp³-hybridized carbons (Fsp3) is 0.333. The minimum atomic E-state index is 0.692. The van der Waals surface area contributed by atoms with Crippen molar-refractivity contribution >= 4 is 11.4 Å². The van der Waals surface area contributed by atoms with Crippen LogP contribution in [0.3, 0.4) is 0 Å². The Bertz CT molecular complexity index is 581. The molecule has 0 aliphatic carbocycles. The van der Waals surface area contributed by atoms with Gasteiger partial charge in [-0.05, 0) is 44.5 Å². The second-order valence-electron chi connectivity index (χ2n) is 5.13. The standard InChI is InChI=1S/C18H24N2O/c1-4-21-17-7-5-6-16(13-17)19-10-11-20-18-9-8-14(2)12-15(18)3/h5-9,12-13,19-20H,4,10-11H2,1-3H3. The Balaban J connectivity index is 1.80. The Labute approximate surface area is 127 Å². The van der Waals surface area contributed by atoms with Gasteiger partial charge in [-0.15, -0.1) is 0 Å². The van der Waals surface area contributed by atoms with E-state index < -0.39 is 0 Å². The number of aryl methyl sites for hydroxylation is 2. The highest BCUT2D eigenvalue weighted by atomic mass is 16.5. The molecule has 3 nitrogen and oxygen atoms in total. The van der Waals surface area contributed by atoms with Crippen LogP contribution in [0.25, 0.3) is 0 Å². The molecule has 112 valence electrons. The third-order valence-electron chi connectivity index (χ3n) is 3.30. The molecule has 0 heterocycles. The van der Waals surface area contributed by atoms with Crippen LogP contribution >= 0.6 is 0 Å². The first kappa shape index (κ1) is 15.2. The van der Waals surface area contributed by atoms with E-state index in [9.17, 15) is 0 Å². The van der Waals surface area contributed by atoms with Crippen molar-refractivity contribution in [1.82, 2.24) is 0 Å². The number of hydrogen-bond acceptors (Lipinski definition) is 3. The summed E-state index contributed by atoms with van der Waals surface area (Å²) < 4.78 is 5.49. The fourth-order valence-corrected chi connectivity index (χ4v) is 2.28. The summed E-state index contributed by atoms with van der Waals surface area (Å²) in [5, 5.41) is 6.86. The second-order valence-corrected chi connectivity index (χ2v) is 5.13. The molecule has 0 spiro atoms. The summed E-state index contributed by atoms with van der Waals surface area (Å²) in [7, 11) is 0. The monoisotopic (exact) mass is 284 g/mol. The summed E-state index contributed by atoms with van der Waals surface area (Å²) in [5.74, 6) is 0.907. The van der Waals surface area contributed by atoms with Crippen LogP contribution in [0, 0.1) is 13.8 Å². The number of anilines is 2. The third kappa shape index (κ3) is 4.71. The molecule has 2 aromatic carbocycles. The van der Waals surface area contributed by atoms with Crippen molar-refractivity contribution in [1.29, 1.82) is 0 Å². The molecule has 0 bridgehead atoms. The van der Waals surface area contributed by atoms with E-state index in [4.69, 9.17) is 4.74 Å². The lowest BCUT2D eigenvalue weighted by Gasteiger charge is -2.12. The maximum absolute atomic E-state index is 5.49. The molecule has 0 aromatic heterocycles. The molecule has 3 heteroatoms. The van der Waals surface area contributed by atoms with E-state index in [2.05, 4.69) is 48.7 Å². The average molecular weight is 284 g/mol. The van der Waals surface area contributed by atoms with E-state index in [0.29, 0.717) is 6.61 Å². The Morgan fingerprint density at radius 1 is 0.952 bits per heavy atom. The molecule has 0 atom stereocenters. The molecule has 0 fully saturated rings. The van der Waals surface area contributed by atoms with E-state index >= 15 is 0 Å². The fourth-order valence-electron chi connectivity index (χ4n) is 2.28. The third-order valence-corrected chi connectivity index (χ3v) is 3.30. The van der Waals surface area contributed by atoms with Gasteiger partial charge in [0.1, 0.15) is 5.75 Å². The largest absolute Gasteiger partial charge is 0.494 e. The minimum Gasteiger partial charge on any atom is -0.494 e. The Morgan fingerprint density at radius 2 is 1.76 bits per heavy atom. The molecule has 0 aliphatic heterocycles. The van der Waals surface area contributed by atoms with Gasteiger partial charge >= 0.3 is 0 Å². The van der Waals surface area contributed by atoms with Crippen molar-refractivity contribution in [2.75, 3.05) is 30.3 Å². The zero-order chi connectivity index (χ0) is 15.1. The Morgan fingerprint density at radius 3 is 2.52 bits per heavy atom. The van der Waals surface area contributed by atoms with Gasteiger partial charge in [0, 0.05) is 30.5 Å². The van der Waals surface area contributed by atoms with Crippen LogP contribution in [0.4, 0.5) is 11.4 Å². The van der Waals surface area contributed by atoms with Crippen molar-refractivity contribution < 1.29 is 4.74 Å². The summed E-state index contributed by atoms with van der Waals surface area (Å²) in [4.78, 5) is 0. The predicted molar refractivity (Wildman–Crippen MR) is 90.5 cm³/mol. The van der Waals surface area contributed by atoms with Crippen molar-refractivity contribution in [2.24, 2.45) is 0 Å². The molecule has 21 heavy (non-hydrogen) atoms. The van der Waals surface area contributed by atoms with Gasteiger partial charge < -0.3 is 15.4 Å². The Hall–Kier alpha value is -2.16. The van der Waals surface area contributed by atoms with Gasteiger partial charge in [0.25, 0.3) is 0 Å². The van der Waals surface area contributed by atoms with Crippen LogP contribution < -0.4 is 15.4 Å². The molecule has 2 rings (SSSR count). The van der Waals surface area contributed by atoms with E-state index in [1.807, 2.05) is 25.1 Å².